The summed E-state index contributed by atoms with van der Waals surface area (Å²) in [5, 5.41) is 0.804. The number of hydrogen-bond donors (Lipinski definition) is 2. The molecule has 3 nitrogen and oxygen atoms in total. The van der Waals surface area contributed by atoms with Crippen molar-refractivity contribution in [3.63, 3.8) is 0 Å². The molecule has 0 heterocycles. The number of ether oxygens (including phenoxy) is 1. The summed E-state index contributed by atoms with van der Waals surface area (Å²) in [6, 6.07) is 2.01. The van der Waals surface area contributed by atoms with E-state index in [0.717, 1.165) is 27.5 Å². The first-order chi connectivity index (χ1) is 8.97. The maximum atomic E-state index is 6.37. The zero-order valence-electron chi connectivity index (χ0n) is 12.3. The van der Waals surface area contributed by atoms with Gasteiger partial charge in [-0.1, -0.05) is 18.5 Å². The van der Waals surface area contributed by atoms with Crippen molar-refractivity contribution in [1.82, 2.24) is 0 Å². The molecular weight excluding hydrogens is 260 g/mol. The minimum Gasteiger partial charge on any atom is -0.494 e. The van der Waals surface area contributed by atoms with Gasteiger partial charge in [0.15, 0.2) is 0 Å². The Morgan fingerprint density at radius 3 is 2.32 bits per heavy atom. The fourth-order valence-corrected chi connectivity index (χ4v) is 2.67. The molecule has 1 unspecified atom stereocenters. The number of benzene rings is 1. The van der Waals surface area contributed by atoms with Crippen LogP contribution in [-0.2, 0) is 0 Å². The summed E-state index contributed by atoms with van der Waals surface area (Å²) in [6.45, 7) is 9.92. The van der Waals surface area contributed by atoms with Crippen molar-refractivity contribution in [3.05, 3.63) is 27.8 Å². The summed E-state index contributed by atoms with van der Waals surface area (Å²) >= 11 is 6.37. The van der Waals surface area contributed by atoms with Crippen LogP contribution >= 0.6 is 11.6 Å². The van der Waals surface area contributed by atoms with Gasteiger partial charge in [-0.25, -0.2) is 0 Å². The van der Waals surface area contributed by atoms with E-state index in [0.29, 0.717) is 19.7 Å². The molecule has 0 saturated carbocycles. The largest absolute Gasteiger partial charge is 0.494 e. The fourth-order valence-electron chi connectivity index (χ4n) is 2.52. The molecule has 4 heteroatoms. The maximum absolute atomic E-state index is 6.37. The van der Waals surface area contributed by atoms with Crippen LogP contribution in [0.4, 0.5) is 0 Å². The number of rotatable bonds is 6. The molecule has 0 aliphatic rings. The van der Waals surface area contributed by atoms with Crippen LogP contribution in [0, 0.1) is 19.8 Å². The van der Waals surface area contributed by atoms with E-state index in [1.807, 2.05) is 26.8 Å². The van der Waals surface area contributed by atoms with Crippen molar-refractivity contribution in [2.24, 2.45) is 17.4 Å². The molecule has 0 spiro atoms. The van der Waals surface area contributed by atoms with Gasteiger partial charge in [0.1, 0.15) is 5.75 Å². The Kier molecular flexibility index (Phi) is 6.11. The number of halogens is 1. The molecule has 0 radical (unpaired) electrons. The van der Waals surface area contributed by atoms with Gasteiger partial charge in [-0.05, 0) is 62.9 Å². The molecule has 1 aromatic rings. The van der Waals surface area contributed by atoms with Gasteiger partial charge < -0.3 is 16.2 Å². The second-order valence-electron chi connectivity index (χ2n) is 5.00. The first-order valence-electron chi connectivity index (χ1n) is 6.80. The molecule has 0 aliphatic heterocycles. The van der Waals surface area contributed by atoms with Gasteiger partial charge in [0.05, 0.1) is 6.61 Å². The van der Waals surface area contributed by atoms with E-state index in [9.17, 15) is 0 Å². The Morgan fingerprint density at radius 2 is 1.84 bits per heavy atom. The van der Waals surface area contributed by atoms with Gasteiger partial charge in [-0.15, -0.1) is 0 Å². The quantitative estimate of drug-likeness (QED) is 0.844. The van der Waals surface area contributed by atoms with Gasteiger partial charge in [0, 0.05) is 10.6 Å². The number of hydrogen-bond acceptors (Lipinski definition) is 3. The first kappa shape index (κ1) is 16.3. The van der Waals surface area contributed by atoms with E-state index in [4.69, 9.17) is 27.8 Å². The summed E-state index contributed by atoms with van der Waals surface area (Å²) in [7, 11) is 0. The van der Waals surface area contributed by atoms with E-state index in [2.05, 4.69) is 6.92 Å². The highest BCUT2D eigenvalue weighted by atomic mass is 35.5. The summed E-state index contributed by atoms with van der Waals surface area (Å²) in [6.07, 6.45) is 0. The van der Waals surface area contributed by atoms with E-state index >= 15 is 0 Å². The van der Waals surface area contributed by atoms with E-state index in [-0.39, 0.29) is 11.8 Å². The lowest BCUT2D eigenvalue weighted by molar-refractivity contribution is 0.328. The third-order valence-corrected chi connectivity index (χ3v) is 4.34. The molecule has 0 fully saturated rings. The van der Waals surface area contributed by atoms with Crippen molar-refractivity contribution in [2.75, 3.05) is 19.7 Å². The van der Waals surface area contributed by atoms with Gasteiger partial charge >= 0.3 is 0 Å². The average Bonchev–Trinajstić information content (AvgIpc) is 2.38. The van der Waals surface area contributed by atoms with Gasteiger partial charge in [0.25, 0.3) is 0 Å². The molecule has 1 atom stereocenters. The summed E-state index contributed by atoms with van der Waals surface area (Å²) in [5.74, 6) is 1.37. The lowest BCUT2D eigenvalue weighted by atomic mass is 9.84. The molecule has 0 aromatic heterocycles. The van der Waals surface area contributed by atoms with Gasteiger partial charge in [-0.3, -0.25) is 0 Å². The second-order valence-corrected chi connectivity index (χ2v) is 5.38. The zero-order valence-corrected chi connectivity index (χ0v) is 13.1. The molecule has 0 bridgehead atoms. The summed E-state index contributed by atoms with van der Waals surface area (Å²) < 4.78 is 5.77. The third-order valence-electron chi connectivity index (χ3n) is 3.76. The fraction of sp³-hybridized carbons (Fsp3) is 0.600. The molecule has 1 rings (SSSR count). The Morgan fingerprint density at radius 1 is 1.26 bits per heavy atom. The first-order valence-corrected chi connectivity index (χ1v) is 7.18. The lowest BCUT2D eigenvalue weighted by Gasteiger charge is -2.26. The van der Waals surface area contributed by atoms with Crippen LogP contribution in [0.25, 0.3) is 0 Å². The number of nitrogens with two attached hydrogens (primary N) is 2. The predicted octanol–water partition coefficient (Wildman–Crippen LogP) is 2.99. The maximum Gasteiger partial charge on any atom is 0.123 e. The Hall–Kier alpha value is -0.770. The second kappa shape index (κ2) is 7.13. The summed E-state index contributed by atoms with van der Waals surface area (Å²) in [5.41, 5.74) is 14.9. The van der Waals surface area contributed by atoms with Crippen LogP contribution in [0.1, 0.15) is 36.5 Å². The molecule has 0 aliphatic carbocycles. The standard InChI is InChI=1S/C15H25ClN2O/c1-5-19-13-6-9(2)15(16)11(4)14(13)10(3)12(7-17)8-18/h6,10,12H,5,7-8,17-18H2,1-4H3. The van der Waals surface area contributed by atoms with Crippen LogP contribution in [0.2, 0.25) is 5.02 Å². The van der Waals surface area contributed by atoms with Crippen molar-refractivity contribution >= 4 is 11.6 Å². The Labute approximate surface area is 121 Å². The van der Waals surface area contributed by atoms with Gasteiger partial charge in [0.2, 0.25) is 0 Å². The molecule has 1 aromatic carbocycles. The highest BCUT2D eigenvalue weighted by Crippen LogP contribution is 2.39. The average molecular weight is 285 g/mol. The normalized spacial score (nSPS) is 12.8. The highest BCUT2D eigenvalue weighted by molar-refractivity contribution is 6.32. The molecule has 0 saturated heterocycles. The van der Waals surface area contributed by atoms with E-state index in [1.165, 1.54) is 0 Å². The minimum atomic E-state index is 0.231. The van der Waals surface area contributed by atoms with Crippen LogP contribution in [-0.4, -0.2) is 19.7 Å². The molecule has 108 valence electrons. The minimum absolute atomic E-state index is 0.231. The van der Waals surface area contributed by atoms with Crippen LogP contribution < -0.4 is 16.2 Å². The van der Waals surface area contributed by atoms with E-state index < -0.39 is 0 Å². The summed E-state index contributed by atoms with van der Waals surface area (Å²) in [4.78, 5) is 0. The number of aryl methyl sites for hydroxylation is 1. The Bertz CT molecular complexity index is 431. The molecule has 19 heavy (non-hydrogen) atoms. The highest BCUT2D eigenvalue weighted by Gasteiger charge is 2.23. The zero-order chi connectivity index (χ0) is 14.6. The third kappa shape index (κ3) is 3.41. The van der Waals surface area contributed by atoms with Gasteiger partial charge in [-0.2, -0.15) is 0 Å². The van der Waals surface area contributed by atoms with Crippen molar-refractivity contribution in [1.29, 1.82) is 0 Å². The van der Waals surface area contributed by atoms with E-state index in [1.54, 1.807) is 0 Å². The van der Waals surface area contributed by atoms with Crippen LogP contribution in [0.15, 0.2) is 6.07 Å². The van der Waals surface area contributed by atoms with Crippen molar-refractivity contribution in [2.45, 2.75) is 33.6 Å². The van der Waals surface area contributed by atoms with Crippen LogP contribution in [0.5, 0.6) is 5.75 Å². The van der Waals surface area contributed by atoms with Crippen molar-refractivity contribution < 1.29 is 4.74 Å². The topological polar surface area (TPSA) is 61.3 Å². The van der Waals surface area contributed by atoms with Crippen LogP contribution in [0.3, 0.4) is 0 Å². The smallest absolute Gasteiger partial charge is 0.123 e. The monoisotopic (exact) mass is 284 g/mol. The molecule has 0 amide bonds. The predicted molar refractivity (Wildman–Crippen MR) is 82.1 cm³/mol. The SMILES string of the molecule is CCOc1cc(C)c(Cl)c(C)c1C(C)C(CN)CN. The lowest BCUT2D eigenvalue weighted by Crippen LogP contribution is -2.28. The molecular formula is C15H25ClN2O. The Balaban J connectivity index is 3.34. The van der Waals surface area contributed by atoms with Crippen molar-refractivity contribution in [3.8, 4) is 5.75 Å². The molecule has 4 N–H and O–H groups in total.